The minimum absolute atomic E-state index is 0.0143. The predicted molar refractivity (Wildman–Crippen MR) is 100 cm³/mol. The Hall–Kier alpha value is -3.42. The van der Waals surface area contributed by atoms with Crippen LogP contribution in [0, 0.1) is 0 Å². The molecule has 1 N–H and O–H groups in total. The fraction of sp³-hybridized carbons (Fsp3) is 0.190. The van der Waals surface area contributed by atoms with E-state index in [1.807, 2.05) is 0 Å². The average Bonchev–Trinajstić information content (AvgIpc) is 2.72. The molecule has 3 aromatic rings. The Balaban J connectivity index is 1.82. The highest BCUT2D eigenvalue weighted by molar-refractivity contribution is 6.07. The van der Waals surface area contributed by atoms with E-state index >= 15 is 0 Å². The number of ether oxygens (including phenoxy) is 1. The number of alkyl halides is 3. The third-order valence-electron chi connectivity index (χ3n) is 4.41. The third-order valence-corrected chi connectivity index (χ3v) is 4.41. The lowest BCUT2D eigenvalue weighted by molar-refractivity contribution is -0.143. The number of para-hydroxylation sites is 1. The first-order valence-corrected chi connectivity index (χ1v) is 8.68. The lowest BCUT2D eigenvalue weighted by atomic mass is 10.0. The maximum absolute atomic E-state index is 12.8. The van der Waals surface area contributed by atoms with Crippen molar-refractivity contribution in [3.05, 3.63) is 77.5 Å². The lowest BCUT2D eigenvalue weighted by Gasteiger charge is -2.17. The van der Waals surface area contributed by atoms with Gasteiger partial charge in [0.1, 0.15) is 6.04 Å². The van der Waals surface area contributed by atoms with Crippen molar-refractivity contribution in [1.29, 1.82) is 0 Å². The highest BCUT2D eigenvalue weighted by atomic mass is 19.4. The molecule has 29 heavy (non-hydrogen) atoms. The number of pyridine rings is 1. The monoisotopic (exact) mass is 402 g/mol. The number of hydrogen-bond acceptors (Lipinski definition) is 4. The van der Waals surface area contributed by atoms with Crippen molar-refractivity contribution in [3.63, 3.8) is 0 Å². The van der Waals surface area contributed by atoms with Gasteiger partial charge in [-0.25, -0.2) is 4.79 Å². The van der Waals surface area contributed by atoms with Gasteiger partial charge in [0.05, 0.1) is 23.8 Å². The Morgan fingerprint density at radius 1 is 1.07 bits per heavy atom. The fourth-order valence-corrected chi connectivity index (χ4v) is 2.93. The van der Waals surface area contributed by atoms with E-state index in [1.165, 1.54) is 31.5 Å². The van der Waals surface area contributed by atoms with Gasteiger partial charge in [-0.3, -0.25) is 9.78 Å². The molecule has 0 bridgehead atoms. The molecule has 0 aliphatic rings. The Morgan fingerprint density at radius 3 is 2.41 bits per heavy atom. The zero-order valence-electron chi connectivity index (χ0n) is 15.4. The second-order valence-corrected chi connectivity index (χ2v) is 6.32. The summed E-state index contributed by atoms with van der Waals surface area (Å²) in [6, 6.07) is 11.9. The average molecular weight is 402 g/mol. The number of amides is 1. The van der Waals surface area contributed by atoms with Gasteiger partial charge in [-0.15, -0.1) is 0 Å². The third kappa shape index (κ3) is 4.71. The molecular formula is C21H17F3N2O3. The first-order chi connectivity index (χ1) is 13.8. The molecule has 0 unspecified atom stereocenters. The summed E-state index contributed by atoms with van der Waals surface area (Å²) < 4.78 is 42.9. The van der Waals surface area contributed by atoms with Crippen LogP contribution in [0.4, 0.5) is 13.2 Å². The summed E-state index contributed by atoms with van der Waals surface area (Å²) in [4.78, 5) is 29.1. The number of aromatic nitrogens is 1. The molecule has 1 atom stereocenters. The minimum atomic E-state index is -4.45. The Bertz CT molecular complexity index is 1030. The van der Waals surface area contributed by atoms with Crippen molar-refractivity contribution in [2.75, 3.05) is 7.11 Å². The van der Waals surface area contributed by atoms with E-state index in [9.17, 15) is 22.8 Å². The lowest BCUT2D eigenvalue weighted by Crippen LogP contribution is -2.43. The van der Waals surface area contributed by atoms with Crippen LogP contribution in [0.15, 0.2) is 60.8 Å². The number of hydrogen-bond donors (Lipinski definition) is 1. The van der Waals surface area contributed by atoms with E-state index in [1.54, 1.807) is 24.3 Å². The number of halogens is 3. The Labute approximate surface area is 164 Å². The number of carbonyl (C=O) groups excluding carboxylic acids is 2. The van der Waals surface area contributed by atoms with Gasteiger partial charge in [-0.05, 0) is 29.8 Å². The summed E-state index contributed by atoms with van der Waals surface area (Å²) in [5.41, 5.74) is 0.617. The summed E-state index contributed by atoms with van der Waals surface area (Å²) in [5, 5.41) is 3.22. The van der Waals surface area contributed by atoms with Crippen LogP contribution < -0.4 is 5.32 Å². The van der Waals surface area contributed by atoms with Gasteiger partial charge in [0.25, 0.3) is 5.91 Å². The van der Waals surface area contributed by atoms with Crippen molar-refractivity contribution in [3.8, 4) is 0 Å². The van der Waals surface area contributed by atoms with E-state index < -0.39 is 29.7 Å². The van der Waals surface area contributed by atoms with Crippen molar-refractivity contribution >= 4 is 22.8 Å². The molecule has 5 nitrogen and oxygen atoms in total. The highest BCUT2D eigenvalue weighted by Crippen LogP contribution is 2.29. The van der Waals surface area contributed by atoms with Gasteiger partial charge in [0, 0.05) is 18.0 Å². The number of fused-ring (bicyclic) bond motifs is 1. The van der Waals surface area contributed by atoms with Crippen molar-refractivity contribution in [2.24, 2.45) is 0 Å². The largest absolute Gasteiger partial charge is 0.467 e. The summed E-state index contributed by atoms with van der Waals surface area (Å²) in [5.74, 6) is -1.21. The first-order valence-electron chi connectivity index (χ1n) is 8.68. The summed E-state index contributed by atoms with van der Waals surface area (Å²) >= 11 is 0. The topological polar surface area (TPSA) is 68.3 Å². The van der Waals surface area contributed by atoms with E-state index in [2.05, 4.69) is 10.3 Å². The van der Waals surface area contributed by atoms with Gasteiger partial charge in [0.2, 0.25) is 0 Å². The molecule has 0 aliphatic heterocycles. The molecule has 1 heterocycles. The van der Waals surface area contributed by atoms with Crippen LogP contribution in [0.25, 0.3) is 10.9 Å². The number of methoxy groups -OCH3 is 1. The van der Waals surface area contributed by atoms with Gasteiger partial charge < -0.3 is 10.1 Å². The van der Waals surface area contributed by atoms with Crippen LogP contribution in [-0.2, 0) is 22.1 Å². The molecule has 1 aromatic heterocycles. The van der Waals surface area contributed by atoms with Crippen LogP contribution in [0.2, 0.25) is 0 Å². The number of benzene rings is 2. The van der Waals surface area contributed by atoms with E-state index in [4.69, 9.17) is 4.74 Å². The maximum Gasteiger partial charge on any atom is 0.416 e. The quantitative estimate of drug-likeness (QED) is 0.660. The molecule has 0 aliphatic carbocycles. The zero-order valence-corrected chi connectivity index (χ0v) is 15.4. The number of nitrogens with one attached hydrogen (secondary N) is 1. The smallest absolute Gasteiger partial charge is 0.416 e. The second kappa shape index (κ2) is 8.30. The van der Waals surface area contributed by atoms with E-state index in [0.29, 0.717) is 22.0 Å². The van der Waals surface area contributed by atoms with Gasteiger partial charge >= 0.3 is 12.1 Å². The molecule has 2 aromatic carbocycles. The predicted octanol–water partition coefficient (Wildman–Crippen LogP) is 3.77. The standard InChI is InChI=1S/C21H17F3N2O3/c1-29-20(28)18(12-13-6-8-14(9-7-13)21(22,23)24)26-19(27)16-10-11-25-17-5-3-2-4-15(16)17/h2-11,18H,12H2,1H3,(H,26,27)/t18-/m1/s1. The van der Waals surface area contributed by atoms with Gasteiger partial charge in [-0.1, -0.05) is 30.3 Å². The Morgan fingerprint density at radius 2 is 1.76 bits per heavy atom. The Kier molecular flexibility index (Phi) is 5.81. The summed E-state index contributed by atoms with van der Waals surface area (Å²) in [7, 11) is 1.18. The van der Waals surface area contributed by atoms with E-state index in [-0.39, 0.29) is 6.42 Å². The van der Waals surface area contributed by atoms with E-state index in [0.717, 1.165) is 12.1 Å². The SMILES string of the molecule is COC(=O)[C@@H](Cc1ccc(C(F)(F)F)cc1)NC(=O)c1ccnc2ccccc12. The normalized spacial score (nSPS) is 12.4. The molecule has 0 saturated heterocycles. The molecule has 0 saturated carbocycles. The van der Waals surface area contributed by atoms with Crippen molar-refractivity contribution in [2.45, 2.75) is 18.6 Å². The number of rotatable bonds is 5. The molecule has 0 radical (unpaired) electrons. The van der Waals surface area contributed by atoms with Crippen LogP contribution >= 0.6 is 0 Å². The first kappa shape index (κ1) is 20.3. The molecule has 1 amide bonds. The van der Waals surface area contributed by atoms with Crippen LogP contribution in [-0.4, -0.2) is 30.0 Å². The maximum atomic E-state index is 12.8. The number of carbonyl (C=O) groups is 2. The molecule has 8 heteroatoms. The second-order valence-electron chi connectivity index (χ2n) is 6.32. The van der Waals surface area contributed by atoms with Crippen LogP contribution in [0.5, 0.6) is 0 Å². The fourth-order valence-electron chi connectivity index (χ4n) is 2.93. The zero-order chi connectivity index (χ0) is 21.0. The molecule has 0 fully saturated rings. The van der Waals surface area contributed by atoms with Crippen LogP contribution in [0.3, 0.4) is 0 Å². The summed E-state index contributed by atoms with van der Waals surface area (Å²) in [6.07, 6.45) is -2.98. The molecule has 3 rings (SSSR count). The number of nitrogens with zero attached hydrogens (tertiary/aromatic N) is 1. The summed E-state index contributed by atoms with van der Waals surface area (Å²) in [6.45, 7) is 0. The van der Waals surface area contributed by atoms with Crippen molar-refractivity contribution in [1.82, 2.24) is 10.3 Å². The molecular weight excluding hydrogens is 385 g/mol. The highest BCUT2D eigenvalue weighted by Gasteiger charge is 2.30. The van der Waals surface area contributed by atoms with Gasteiger partial charge in [-0.2, -0.15) is 13.2 Å². The van der Waals surface area contributed by atoms with Crippen molar-refractivity contribution < 1.29 is 27.5 Å². The molecule has 0 spiro atoms. The molecule has 150 valence electrons. The van der Waals surface area contributed by atoms with Gasteiger partial charge in [0.15, 0.2) is 0 Å². The van der Waals surface area contributed by atoms with Crippen LogP contribution in [0.1, 0.15) is 21.5 Å². The minimum Gasteiger partial charge on any atom is -0.467 e. The number of esters is 1.